The van der Waals surface area contributed by atoms with Gasteiger partial charge < -0.3 is 11.1 Å². The molecule has 0 fully saturated rings. The van der Waals surface area contributed by atoms with Crippen molar-refractivity contribution in [1.82, 2.24) is 4.98 Å². The van der Waals surface area contributed by atoms with Crippen molar-refractivity contribution in [1.29, 1.82) is 0 Å². The molecule has 0 saturated heterocycles. The highest BCUT2D eigenvalue weighted by atomic mass is 15.1. The quantitative estimate of drug-likeness (QED) is 0.740. The molecule has 1 aromatic rings. The molecule has 0 aliphatic heterocycles. The molecule has 1 aromatic heterocycles. The van der Waals surface area contributed by atoms with Crippen LogP contribution in [0.4, 0.5) is 5.82 Å². The molecule has 0 amide bonds. The van der Waals surface area contributed by atoms with Crippen molar-refractivity contribution in [3.8, 4) is 0 Å². The van der Waals surface area contributed by atoms with Crippen LogP contribution in [0, 0.1) is 6.92 Å². The molecule has 0 aromatic carbocycles. The lowest BCUT2D eigenvalue weighted by Crippen LogP contribution is -2.39. The van der Waals surface area contributed by atoms with Gasteiger partial charge in [0.15, 0.2) is 0 Å². The highest BCUT2D eigenvalue weighted by Crippen LogP contribution is 2.12. The van der Waals surface area contributed by atoms with Crippen LogP contribution in [0.3, 0.4) is 0 Å². The average molecular weight is 179 g/mol. The smallest absolute Gasteiger partial charge is 0.126 e. The van der Waals surface area contributed by atoms with Crippen LogP contribution in [-0.2, 0) is 0 Å². The third kappa shape index (κ3) is 3.03. The van der Waals surface area contributed by atoms with Gasteiger partial charge in [-0.3, -0.25) is 0 Å². The van der Waals surface area contributed by atoms with Crippen molar-refractivity contribution >= 4 is 5.82 Å². The number of anilines is 1. The van der Waals surface area contributed by atoms with Crippen LogP contribution in [-0.4, -0.2) is 17.1 Å². The highest BCUT2D eigenvalue weighted by Gasteiger charge is 2.14. The van der Waals surface area contributed by atoms with E-state index in [9.17, 15) is 0 Å². The topological polar surface area (TPSA) is 50.9 Å². The van der Waals surface area contributed by atoms with Crippen LogP contribution < -0.4 is 11.1 Å². The number of aromatic nitrogens is 1. The summed E-state index contributed by atoms with van der Waals surface area (Å²) in [6, 6.07) is 3.98. The maximum atomic E-state index is 5.60. The van der Waals surface area contributed by atoms with Crippen LogP contribution in [0.15, 0.2) is 18.3 Å². The number of rotatable bonds is 3. The summed E-state index contributed by atoms with van der Waals surface area (Å²) in [5, 5.41) is 3.27. The van der Waals surface area contributed by atoms with Gasteiger partial charge in [-0.1, -0.05) is 0 Å². The fourth-order valence-corrected chi connectivity index (χ4v) is 1.00. The minimum Gasteiger partial charge on any atom is -0.364 e. The molecule has 0 atom stereocenters. The molecule has 1 heterocycles. The van der Waals surface area contributed by atoms with Crippen molar-refractivity contribution in [2.24, 2.45) is 5.73 Å². The second-order valence-electron chi connectivity index (χ2n) is 3.93. The van der Waals surface area contributed by atoms with Crippen molar-refractivity contribution in [3.05, 3.63) is 23.9 Å². The maximum absolute atomic E-state index is 5.60. The monoisotopic (exact) mass is 179 g/mol. The van der Waals surface area contributed by atoms with E-state index in [4.69, 9.17) is 5.73 Å². The first-order valence-electron chi connectivity index (χ1n) is 4.44. The summed E-state index contributed by atoms with van der Waals surface area (Å²) in [6.07, 6.45) is 1.80. The molecule has 3 N–H and O–H groups in total. The molecule has 0 spiro atoms. The van der Waals surface area contributed by atoms with E-state index in [0.29, 0.717) is 6.54 Å². The molecule has 3 nitrogen and oxygen atoms in total. The van der Waals surface area contributed by atoms with Gasteiger partial charge in [-0.2, -0.15) is 0 Å². The molecule has 0 aliphatic rings. The van der Waals surface area contributed by atoms with E-state index in [1.54, 1.807) is 6.20 Å². The molecule has 0 aliphatic carbocycles. The van der Waals surface area contributed by atoms with Crippen LogP contribution in [0.5, 0.6) is 0 Å². The Morgan fingerprint density at radius 2 is 2.23 bits per heavy atom. The SMILES string of the molecule is Cc1ccnc(NC(C)(C)CN)c1. The average Bonchev–Trinajstić information content (AvgIpc) is 2.03. The molecule has 1 rings (SSSR count). The van der Waals surface area contributed by atoms with Gasteiger partial charge in [0, 0.05) is 18.3 Å². The third-order valence-electron chi connectivity index (χ3n) is 1.89. The molecular weight excluding hydrogens is 162 g/mol. The lowest BCUT2D eigenvalue weighted by atomic mass is 10.1. The first kappa shape index (κ1) is 9.99. The summed E-state index contributed by atoms with van der Waals surface area (Å²) in [4.78, 5) is 4.21. The Labute approximate surface area is 79.4 Å². The maximum Gasteiger partial charge on any atom is 0.126 e. The molecule has 13 heavy (non-hydrogen) atoms. The van der Waals surface area contributed by atoms with Crippen molar-refractivity contribution in [2.75, 3.05) is 11.9 Å². The Hall–Kier alpha value is -1.09. The predicted octanol–water partition coefficient (Wildman–Crippen LogP) is 1.54. The summed E-state index contributed by atoms with van der Waals surface area (Å²) in [5.41, 5.74) is 6.70. The Balaban J connectivity index is 2.74. The van der Waals surface area contributed by atoms with Crippen LogP contribution in [0.2, 0.25) is 0 Å². The molecule has 0 radical (unpaired) electrons. The summed E-state index contributed by atoms with van der Waals surface area (Å²) in [6.45, 7) is 6.74. The van der Waals surface area contributed by atoms with Gasteiger partial charge in [0.05, 0.1) is 0 Å². The lowest BCUT2D eigenvalue weighted by molar-refractivity contribution is 0.577. The Morgan fingerprint density at radius 1 is 1.54 bits per heavy atom. The van der Waals surface area contributed by atoms with E-state index in [0.717, 1.165) is 5.82 Å². The number of pyridine rings is 1. The largest absolute Gasteiger partial charge is 0.364 e. The van der Waals surface area contributed by atoms with Gasteiger partial charge in [-0.25, -0.2) is 4.98 Å². The number of aryl methyl sites for hydroxylation is 1. The van der Waals surface area contributed by atoms with E-state index in [1.807, 2.05) is 19.1 Å². The zero-order chi connectivity index (χ0) is 9.90. The number of nitrogens with zero attached hydrogens (tertiary/aromatic N) is 1. The highest BCUT2D eigenvalue weighted by molar-refractivity contribution is 5.39. The molecule has 3 heteroatoms. The summed E-state index contributed by atoms with van der Waals surface area (Å²) in [5.74, 6) is 0.885. The second kappa shape index (κ2) is 3.75. The van der Waals surface area contributed by atoms with E-state index in [2.05, 4.69) is 24.1 Å². The minimum atomic E-state index is -0.0964. The van der Waals surface area contributed by atoms with Crippen LogP contribution in [0.1, 0.15) is 19.4 Å². The van der Waals surface area contributed by atoms with Gasteiger partial charge in [0.2, 0.25) is 0 Å². The first-order valence-corrected chi connectivity index (χ1v) is 4.44. The zero-order valence-electron chi connectivity index (χ0n) is 8.46. The zero-order valence-corrected chi connectivity index (χ0v) is 8.46. The van der Waals surface area contributed by atoms with Gasteiger partial charge in [0.25, 0.3) is 0 Å². The summed E-state index contributed by atoms with van der Waals surface area (Å²) in [7, 11) is 0. The van der Waals surface area contributed by atoms with Crippen molar-refractivity contribution < 1.29 is 0 Å². The van der Waals surface area contributed by atoms with E-state index < -0.39 is 0 Å². The fraction of sp³-hybridized carbons (Fsp3) is 0.500. The number of hydrogen-bond donors (Lipinski definition) is 2. The van der Waals surface area contributed by atoms with Gasteiger partial charge >= 0.3 is 0 Å². The normalized spacial score (nSPS) is 11.4. The first-order chi connectivity index (χ1) is 6.03. The van der Waals surface area contributed by atoms with E-state index >= 15 is 0 Å². The fourth-order valence-electron chi connectivity index (χ4n) is 1.00. The van der Waals surface area contributed by atoms with E-state index in [1.165, 1.54) is 5.56 Å². The molecule has 0 unspecified atom stereocenters. The van der Waals surface area contributed by atoms with Crippen molar-refractivity contribution in [3.63, 3.8) is 0 Å². The number of nitrogens with one attached hydrogen (secondary N) is 1. The standard InChI is InChI=1S/C10H17N3/c1-8-4-5-12-9(6-8)13-10(2,3)7-11/h4-6H,7,11H2,1-3H3,(H,12,13). The molecule has 0 saturated carbocycles. The molecule has 0 bridgehead atoms. The van der Waals surface area contributed by atoms with Crippen LogP contribution >= 0.6 is 0 Å². The lowest BCUT2D eigenvalue weighted by Gasteiger charge is -2.24. The summed E-state index contributed by atoms with van der Waals surface area (Å²) < 4.78 is 0. The number of nitrogens with two attached hydrogens (primary N) is 1. The van der Waals surface area contributed by atoms with Crippen LogP contribution in [0.25, 0.3) is 0 Å². The summed E-state index contributed by atoms with van der Waals surface area (Å²) >= 11 is 0. The Kier molecular flexibility index (Phi) is 2.88. The Morgan fingerprint density at radius 3 is 2.77 bits per heavy atom. The van der Waals surface area contributed by atoms with Crippen molar-refractivity contribution in [2.45, 2.75) is 26.3 Å². The Bertz CT molecular complexity index is 281. The van der Waals surface area contributed by atoms with Gasteiger partial charge in [-0.15, -0.1) is 0 Å². The minimum absolute atomic E-state index is 0.0964. The predicted molar refractivity (Wildman–Crippen MR) is 55.7 cm³/mol. The number of hydrogen-bond acceptors (Lipinski definition) is 3. The molecule has 72 valence electrons. The second-order valence-corrected chi connectivity index (χ2v) is 3.93. The third-order valence-corrected chi connectivity index (χ3v) is 1.89. The van der Waals surface area contributed by atoms with Gasteiger partial charge in [0.1, 0.15) is 5.82 Å². The van der Waals surface area contributed by atoms with Gasteiger partial charge in [-0.05, 0) is 38.5 Å². The van der Waals surface area contributed by atoms with E-state index in [-0.39, 0.29) is 5.54 Å². The molecular formula is C10H17N3.